The van der Waals surface area contributed by atoms with E-state index in [1.54, 1.807) is 0 Å². The number of hydrogen-bond donors (Lipinski definition) is 3. The van der Waals surface area contributed by atoms with E-state index in [0.29, 0.717) is 19.3 Å². The lowest BCUT2D eigenvalue weighted by atomic mass is 9.85. The Morgan fingerprint density at radius 1 is 1.15 bits per heavy atom. The van der Waals surface area contributed by atoms with Gasteiger partial charge < -0.3 is 25.0 Å². The number of rotatable bonds is 6. The normalized spacial score (nSPS) is 29.4. The second-order valence-electron chi connectivity index (χ2n) is 13.9. The minimum Gasteiger partial charge on any atom is -0.450 e. The fourth-order valence-corrected chi connectivity index (χ4v) is 7.53. The number of nitrogens with one attached hydrogen (secondary N) is 4. The second kappa shape index (κ2) is 13.3. The first-order valence-electron chi connectivity index (χ1n) is 16.1. The van der Waals surface area contributed by atoms with Crippen molar-refractivity contribution in [3.8, 4) is 0 Å². The van der Waals surface area contributed by atoms with Crippen molar-refractivity contribution in [3.05, 3.63) is 42.2 Å². The maximum absolute atomic E-state index is 14.2. The maximum Gasteiger partial charge on any atom is 0.407 e. The van der Waals surface area contributed by atoms with E-state index in [1.807, 2.05) is 39.0 Å². The summed E-state index contributed by atoms with van der Waals surface area (Å²) in [5, 5.41) is 4.89. The van der Waals surface area contributed by atoms with Crippen LogP contribution in [-0.2, 0) is 46.9 Å². The highest BCUT2D eigenvalue weighted by molar-refractivity contribution is 7.91. The van der Waals surface area contributed by atoms with Crippen molar-refractivity contribution in [2.75, 3.05) is 13.2 Å². The molecule has 46 heavy (non-hydrogen) atoms. The summed E-state index contributed by atoms with van der Waals surface area (Å²) in [6.07, 6.45) is 4.79. The number of nitrogens with zero attached hydrogens (tertiary/aromatic N) is 1. The van der Waals surface area contributed by atoms with Gasteiger partial charge >= 0.3 is 6.09 Å². The van der Waals surface area contributed by atoms with Crippen LogP contribution < -0.4 is 20.3 Å². The number of aryl methyl sites for hydroxylation is 1. The van der Waals surface area contributed by atoms with Crippen LogP contribution in [0.4, 0.5) is 4.79 Å². The number of H-pyrrole nitrogens is 1. The molecule has 4 N–H and O–H groups in total. The van der Waals surface area contributed by atoms with Crippen molar-refractivity contribution in [1.82, 2.24) is 20.3 Å². The fourth-order valence-electron chi connectivity index (χ4n) is 6.17. The molecule has 0 spiro atoms. The molecule has 1 aromatic rings. The van der Waals surface area contributed by atoms with Gasteiger partial charge in [0, 0.05) is 37.4 Å². The monoisotopic (exact) mass is 660 g/mol. The molecule has 5 atom stereocenters. The van der Waals surface area contributed by atoms with Crippen molar-refractivity contribution in [2.24, 2.45) is 11.3 Å². The van der Waals surface area contributed by atoms with Gasteiger partial charge in [0.05, 0.1) is 18.0 Å². The minimum absolute atomic E-state index is 0.0695. The van der Waals surface area contributed by atoms with Crippen LogP contribution in [0.1, 0.15) is 77.1 Å². The molecule has 4 amide bonds. The lowest BCUT2D eigenvalue weighted by molar-refractivity contribution is -0.408. The summed E-state index contributed by atoms with van der Waals surface area (Å²) in [4.78, 5) is 59.1. The van der Waals surface area contributed by atoms with Crippen molar-refractivity contribution in [1.29, 1.82) is 0 Å². The molecule has 3 heterocycles. The van der Waals surface area contributed by atoms with E-state index in [2.05, 4.69) is 26.9 Å². The van der Waals surface area contributed by atoms with Gasteiger partial charge in [-0.3, -0.25) is 19.1 Å². The van der Waals surface area contributed by atoms with E-state index in [4.69, 9.17) is 9.47 Å². The molecule has 252 valence electrons. The zero-order valence-electron chi connectivity index (χ0n) is 26.8. The highest BCUT2D eigenvalue weighted by Gasteiger charge is 2.62. The molecular formula is C32H46N5O8S+. The van der Waals surface area contributed by atoms with Gasteiger partial charge in [-0.25, -0.2) is 18.2 Å². The fraction of sp³-hybridized carbons (Fsp3) is 0.656. The molecule has 0 unspecified atom stereocenters. The molecule has 2 aliphatic heterocycles. The van der Waals surface area contributed by atoms with Gasteiger partial charge in [0.1, 0.15) is 24.2 Å². The van der Waals surface area contributed by atoms with Gasteiger partial charge in [-0.2, -0.15) is 0 Å². The molecule has 1 aromatic heterocycles. The number of fused-ring (bicyclic) bond motifs is 4. The molecule has 14 heteroatoms. The number of ether oxygens (including phenoxy) is 2. The standard InChI is InChI=1S/C32H45N5O8S/c1-5-20-17-32(20,29(40)36-46(42,43)24-13-14-24)35-27(38)25-16-23-18-37(25)28(39)26(31(2,3)4)34-30(41)44-15-8-6-7-10-21-11-9-12-22(33-21)19-45-23/h5,9,11-12,20,23-26H,1,6-8,10,13-19H2,2-4H3,(H,34,41)(H,35,38)(H,36,40)/p+1/t20-,23-,25+,26-,32-/m1/s1. The Morgan fingerprint density at radius 3 is 2.57 bits per heavy atom. The van der Waals surface area contributed by atoms with Crippen molar-refractivity contribution >= 4 is 33.8 Å². The van der Waals surface area contributed by atoms with Gasteiger partial charge in [0.25, 0.3) is 5.91 Å². The van der Waals surface area contributed by atoms with Crippen LogP contribution in [0.25, 0.3) is 0 Å². The van der Waals surface area contributed by atoms with Crippen LogP contribution in [0.15, 0.2) is 30.9 Å². The molecule has 4 bridgehead atoms. The SMILES string of the molecule is C=C[C@@H]1C[C@]1(NC(=O)[C@@H]1C[C@@H]2CN1C(=O)[C@H](C(C)(C)C)NC(=O)OCCCCCc1cccc([nH+]1)CO2)C(=O)NS(=O)(=O)C1CC1. The van der Waals surface area contributed by atoms with Gasteiger partial charge in [-0.1, -0.05) is 26.8 Å². The van der Waals surface area contributed by atoms with Gasteiger partial charge in [-0.05, 0) is 50.0 Å². The average molecular weight is 661 g/mol. The number of aromatic nitrogens is 1. The van der Waals surface area contributed by atoms with Crippen molar-refractivity contribution in [3.63, 3.8) is 0 Å². The van der Waals surface area contributed by atoms with E-state index in [-0.39, 0.29) is 32.6 Å². The molecule has 13 nitrogen and oxygen atoms in total. The Bertz CT molecular complexity index is 1470. The highest BCUT2D eigenvalue weighted by atomic mass is 32.2. The number of amides is 4. The summed E-state index contributed by atoms with van der Waals surface area (Å²) in [6.45, 7) is 9.68. The first-order chi connectivity index (χ1) is 21.7. The average Bonchev–Trinajstić information content (AvgIpc) is 3.92. The number of carbonyl (C=O) groups excluding carboxylic acids is 4. The summed E-state index contributed by atoms with van der Waals surface area (Å²) in [5.74, 6) is -2.40. The lowest BCUT2D eigenvalue weighted by Crippen LogP contribution is -2.60. The zero-order chi connectivity index (χ0) is 33.3. The molecular weight excluding hydrogens is 614 g/mol. The van der Waals surface area contributed by atoms with E-state index < -0.39 is 74.1 Å². The largest absolute Gasteiger partial charge is 0.450 e. The predicted molar refractivity (Wildman–Crippen MR) is 166 cm³/mol. The third kappa shape index (κ3) is 7.71. The van der Waals surface area contributed by atoms with Crippen LogP contribution in [0, 0.1) is 11.3 Å². The second-order valence-corrected chi connectivity index (χ2v) is 15.9. The van der Waals surface area contributed by atoms with E-state index in [0.717, 1.165) is 30.7 Å². The minimum atomic E-state index is -3.85. The number of aromatic amines is 1. The molecule has 2 aliphatic carbocycles. The lowest BCUT2D eigenvalue weighted by Gasteiger charge is -2.35. The van der Waals surface area contributed by atoms with Gasteiger partial charge in [0.15, 0.2) is 5.69 Å². The molecule has 4 aliphatic rings. The number of cyclic esters (lactones) is 1. The third-order valence-corrected chi connectivity index (χ3v) is 11.0. The summed E-state index contributed by atoms with van der Waals surface area (Å²) in [5.41, 5.74) is -0.342. The molecule has 3 fully saturated rings. The Morgan fingerprint density at radius 2 is 1.89 bits per heavy atom. The number of hydrogen-bond acceptors (Lipinski definition) is 8. The predicted octanol–water partition coefficient (Wildman–Crippen LogP) is 1.52. The molecule has 1 saturated heterocycles. The van der Waals surface area contributed by atoms with Gasteiger partial charge in [-0.15, -0.1) is 6.58 Å². The first-order valence-corrected chi connectivity index (χ1v) is 17.6. The molecule has 5 rings (SSSR count). The topological polar surface area (TPSA) is 174 Å². The summed E-state index contributed by atoms with van der Waals surface area (Å²) >= 11 is 0. The van der Waals surface area contributed by atoms with Crippen LogP contribution >= 0.6 is 0 Å². The van der Waals surface area contributed by atoms with E-state index >= 15 is 0 Å². The number of alkyl carbamates (subject to hydrolysis) is 1. The highest BCUT2D eigenvalue weighted by Crippen LogP contribution is 2.45. The molecule has 0 aromatic carbocycles. The maximum atomic E-state index is 14.2. The first kappa shape index (κ1) is 33.8. The number of sulfonamides is 1. The molecule has 2 saturated carbocycles. The van der Waals surface area contributed by atoms with Crippen molar-refractivity contribution in [2.45, 2.75) is 108 Å². The van der Waals surface area contributed by atoms with Crippen LogP contribution in [0.2, 0.25) is 0 Å². The summed E-state index contributed by atoms with van der Waals surface area (Å²) < 4.78 is 38.9. The van der Waals surface area contributed by atoms with E-state index in [1.165, 1.54) is 11.0 Å². The zero-order valence-corrected chi connectivity index (χ0v) is 27.6. The Kier molecular flexibility index (Phi) is 9.78. The van der Waals surface area contributed by atoms with Crippen LogP contribution in [0.5, 0.6) is 0 Å². The quantitative estimate of drug-likeness (QED) is 0.385. The molecule has 0 radical (unpaired) electrons. The van der Waals surface area contributed by atoms with Crippen LogP contribution in [0.3, 0.4) is 0 Å². The Hall–Kier alpha value is -3.52. The number of carbonyl (C=O) groups is 4. The van der Waals surface area contributed by atoms with Crippen LogP contribution in [-0.4, -0.2) is 79.3 Å². The number of pyridine rings is 1. The Labute approximate surface area is 270 Å². The summed E-state index contributed by atoms with van der Waals surface area (Å²) in [7, 11) is -3.85. The van der Waals surface area contributed by atoms with E-state index in [9.17, 15) is 27.6 Å². The smallest absolute Gasteiger partial charge is 0.407 e. The van der Waals surface area contributed by atoms with Gasteiger partial charge in [0.2, 0.25) is 27.5 Å². The third-order valence-electron chi connectivity index (χ3n) is 9.19. The Balaban J connectivity index is 1.40. The summed E-state index contributed by atoms with van der Waals surface area (Å²) in [6, 6.07) is 3.80. The van der Waals surface area contributed by atoms with Crippen molar-refractivity contribution < 1.29 is 42.1 Å².